The van der Waals surface area contributed by atoms with Gasteiger partial charge in [-0.15, -0.1) is 0 Å². The normalized spacial score (nSPS) is 19.1. The molecule has 0 atom stereocenters. The number of furan rings is 1. The van der Waals surface area contributed by atoms with Crippen LogP contribution in [0.25, 0.3) is 0 Å². The van der Waals surface area contributed by atoms with E-state index in [1.165, 1.54) is 6.26 Å². The standard InChI is InChI=1S/C12H14N2O2/c1-12(9-13)4-6-14(7-5-12)11(15)10-3-2-8-16-10/h2-3,8H,4-7H2,1H3. The highest BCUT2D eigenvalue weighted by Gasteiger charge is 2.32. The number of rotatable bonds is 1. The summed E-state index contributed by atoms with van der Waals surface area (Å²) in [4.78, 5) is 13.7. The fourth-order valence-corrected chi connectivity index (χ4v) is 1.87. The van der Waals surface area contributed by atoms with E-state index in [2.05, 4.69) is 6.07 Å². The lowest BCUT2D eigenvalue weighted by Crippen LogP contribution is -2.41. The molecule has 0 saturated carbocycles. The van der Waals surface area contributed by atoms with Crippen LogP contribution in [0.4, 0.5) is 0 Å². The maximum absolute atomic E-state index is 11.9. The minimum absolute atomic E-state index is 0.0787. The molecule has 1 fully saturated rings. The van der Waals surface area contributed by atoms with Crippen LogP contribution in [0.1, 0.15) is 30.3 Å². The maximum Gasteiger partial charge on any atom is 0.289 e. The number of carbonyl (C=O) groups excluding carboxylic acids is 1. The van der Waals surface area contributed by atoms with Gasteiger partial charge in [-0.25, -0.2) is 0 Å². The van der Waals surface area contributed by atoms with Gasteiger partial charge >= 0.3 is 0 Å². The molecule has 4 nitrogen and oxygen atoms in total. The molecule has 2 rings (SSSR count). The summed E-state index contributed by atoms with van der Waals surface area (Å²) in [6, 6.07) is 5.69. The van der Waals surface area contributed by atoms with Gasteiger partial charge in [-0.05, 0) is 31.9 Å². The molecule has 0 unspecified atom stereocenters. The van der Waals surface area contributed by atoms with Gasteiger partial charge in [-0.3, -0.25) is 4.79 Å². The van der Waals surface area contributed by atoms with Crippen molar-refractivity contribution in [3.8, 4) is 6.07 Å². The van der Waals surface area contributed by atoms with E-state index in [0.717, 1.165) is 12.8 Å². The first-order chi connectivity index (χ1) is 7.64. The van der Waals surface area contributed by atoms with Gasteiger partial charge in [0, 0.05) is 13.1 Å². The van der Waals surface area contributed by atoms with Crippen molar-refractivity contribution >= 4 is 5.91 Å². The van der Waals surface area contributed by atoms with E-state index in [0.29, 0.717) is 18.8 Å². The van der Waals surface area contributed by atoms with E-state index < -0.39 is 0 Å². The van der Waals surface area contributed by atoms with Gasteiger partial charge in [0.25, 0.3) is 5.91 Å². The summed E-state index contributed by atoms with van der Waals surface area (Å²) in [6.07, 6.45) is 2.96. The number of nitrogens with zero attached hydrogens (tertiary/aromatic N) is 2. The van der Waals surface area contributed by atoms with Gasteiger partial charge in [0.1, 0.15) is 0 Å². The number of piperidine rings is 1. The first-order valence-corrected chi connectivity index (χ1v) is 5.39. The van der Waals surface area contributed by atoms with Crippen molar-refractivity contribution in [1.82, 2.24) is 4.90 Å². The molecular weight excluding hydrogens is 204 g/mol. The van der Waals surface area contributed by atoms with E-state index in [1.807, 2.05) is 6.92 Å². The summed E-state index contributed by atoms with van der Waals surface area (Å²) in [6.45, 7) is 3.20. The fourth-order valence-electron chi connectivity index (χ4n) is 1.87. The van der Waals surface area contributed by atoms with Crippen molar-refractivity contribution in [2.45, 2.75) is 19.8 Å². The quantitative estimate of drug-likeness (QED) is 0.724. The highest BCUT2D eigenvalue weighted by Crippen LogP contribution is 2.30. The molecule has 1 aromatic heterocycles. The zero-order valence-electron chi connectivity index (χ0n) is 9.27. The molecule has 4 heteroatoms. The average Bonchev–Trinajstić information content (AvgIpc) is 2.83. The molecule has 84 valence electrons. The summed E-state index contributed by atoms with van der Waals surface area (Å²) < 4.78 is 5.07. The lowest BCUT2D eigenvalue weighted by Gasteiger charge is -2.34. The second-order valence-corrected chi connectivity index (χ2v) is 4.44. The molecule has 1 amide bonds. The van der Waals surface area contributed by atoms with Crippen molar-refractivity contribution in [3.63, 3.8) is 0 Å². The van der Waals surface area contributed by atoms with Crippen molar-refractivity contribution in [1.29, 1.82) is 5.26 Å². The molecule has 0 radical (unpaired) electrons. The van der Waals surface area contributed by atoms with Crippen LogP contribution in [0.15, 0.2) is 22.8 Å². The number of amides is 1. The number of carbonyl (C=O) groups is 1. The highest BCUT2D eigenvalue weighted by atomic mass is 16.3. The molecule has 1 aliphatic rings. The first kappa shape index (κ1) is 10.7. The van der Waals surface area contributed by atoms with Crippen LogP contribution in [0.3, 0.4) is 0 Å². The van der Waals surface area contributed by atoms with Crippen LogP contribution < -0.4 is 0 Å². The molecule has 0 spiro atoms. The Hall–Kier alpha value is -1.76. The average molecular weight is 218 g/mol. The third-order valence-electron chi connectivity index (χ3n) is 3.16. The van der Waals surface area contributed by atoms with Gasteiger partial charge in [0.05, 0.1) is 17.7 Å². The Labute approximate surface area is 94.5 Å². The Balaban J connectivity index is 2.00. The molecule has 0 aromatic carbocycles. The predicted molar refractivity (Wildman–Crippen MR) is 57.6 cm³/mol. The number of hydrogen-bond acceptors (Lipinski definition) is 3. The minimum atomic E-state index is -0.278. The summed E-state index contributed by atoms with van der Waals surface area (Å²) in [5, 5.41) is 8.99. The van der Waals surface area contributed by atoms with Gasteiger partial charge in [-0.2, -0.15) is 5.26 Å². The van der Waals surface area contributed by atoms with E-state index in [-0.39, 0.29) is 11.3 Å². The fraction of sp³-hybridized carbons (Fsp3) is 0.500. The molecule has 16 heavy (non-hydrogen) atoms. The van der Waals surface area contributed by atoms with Crippen LogP contribution in [0, 0.1) is 16.7 Å². The Bertz CT molecular complexity index is 409. The van der Waals surface area contributed by atoms with E-state index in [1.54, 1.807) is 17.0 Å². The van der Waals surface area contributed by atoms with Crippen molar-refractivity contribution in [3.05, 3.63) is 24.2 Å². The maximum atomic E-state index is 11.9. The molecule has 1 saturated heterocycles. The molecule has 1 aromatic rings. The van der Waals surface area contributed by atoms with Crippen LogP contribution in [0.5, 0.6) is 0 Å². The third kappa shape index (κ3) is 1.94. The first-order valence-electron chi connectivity index (χ1n) is 5.39. The SMILES string of the molecule is CC1(C#N)CCN(C(=O)c2ccco2)CC1. The summed E-state index contributed by atoms with van der Waals surface area (Å²) in [5.41, 5.74) is -0.278. The number of hydrogen-bond donors (Lipinski definition) is 0. The van der Waals surface area contributed by atoms with Gasteiger partial charge in [-0.1, -0.05) is 0 Å². The van der Waals surface area contributed by atoms with Crippen molar-refractivity contribution in [2.24, 2.45) is 5.41 Å². The summed E-state index contributed by atoms with van der Waals surface area (Å²) >= 11 is 0. The molecule has 0 bridgehead atoms. The Morgan fingerprint density at radius 3 is 2.75 bits per heavy atom. The van der Waals surface area contributed by atoms with Crippen molar-refractivity contribution < 1.29 is 9.21 Å². The van der Waals surface area contributed by atoms with E-state index in [9.17, 15) is 4.79 Å². The summed E-state index contributed by atoms with van der Waals surface area (Å²) in [5.74, 6) is 0.297. The Morgan fingerprint density at radius 1 is 1.56 bits per heavy atom. The van der Waals surface area contributed by atoms with Crippen LogP contribution in [0.2, 0.25) is 0 Å². The van der Waals surface area contributed by atoms with Crippen LogP contribution >= 0.6 is 0 Å². The molecule has 0 N–H and O–H groups in total. The molecule has 1 aliphatic heterocycles. The molecule has 0 aliphatic carbocycles. The van der Waals surface area contributed by atoms with Crippen LogP contribution in [-0.2, 0) is 0 Å². The molecule has 2 heterocycles. The van der Waals surface area contributed by atoms with Gasteiger partial charge in [0.15, 0.2) is 5.76 Å². The van der Waals surface area contributed by atoms with Gasteiger partial charge < -0.3 is 9.32 Å². The topological polar surface area (TPSA) is 57.2 Å². The second kappa shape index (κ2) is 4.01. The highest BCUT2D eigenvalue weighted by molar-refractivity contribution is 5.91. The number of likely N-dealkylation sites (tertiary alicyclic amines) is 1. The predicted octanol–water partition coefficient (Wildman–Crippen LogP) is 2.05. The zero-order valence-corrected chi connectivity index (χ0v) is 9.27. The van der Waals surface area contributed by atoms with Gasteiger partial charge in [0.2, 0.25) is 0 Å². The third-order valence-corrected chi connectivity index (χ3v) is 3.16. The van der Waals surface area contributed by atoms with E-state index >= 15 is 0 Å². The lowest BCUT2D eigenvalue weighted by molar-refractivity contribution is 0.0630. The molecular formula is C12H14N2O2. The summed E-state index contributed by atoms with van der Waals surface area (Å²) in [7, 11) is 0. The van der Waals surface area contributed by atoms with Crippen LogP contribution in [-0.4, -0.2) is 23.9 Å². The Morgan fingerprint density at radius 2 is 2.25 bits per heavy atom. The lowest BCUT2D eigenvalue weighted by atomic mass is 9.82. The smallest absolute Gasteiger partial charge is 0.289 e. The van der Waals surface area contributed by atoms with E-state index in [4.69, 9.17) is 9.68 Å². The number of nitriles is 1. The monoisotopic (exact) mass is 218 g/mol. The Kier molecular flexibility index (Phi) is 2.69. The minimum Gasteiger partial charge on any atom is -0.459 e. The second-order valence-electron chi connectivity index (χ2n) is 4.44. The van der Waals surface area contributed by atoms with Crippen molar-refractivity contribution in [2.75, 3.05) is 13.1 Å². The zero-order chi connectivity index (χ0) is 11.6. The largest absolute Gasteiger partial charge is 0.459 e.